The van der Waals surface area contributed by atoms with Gasteiger partial charge in [-0.3, -0.25) is 19.8 Å². The largest absolute Gasteiger partial charge is 0.478 e. The summed E-state index contributed by atoms with van der Waals surface area (Å²) in [4.78, 5) is 36.6. The number of carboxylic acids is 2. The summed E-state index contributed by atoms with van der Waals surface area (Å²) in [6.45, 7) is 9.73. The van der Waals surface area contributed by atoms with Crippen LogP contribution in [0.25, 0.3) is 11.3 Å². The maximum absolute atomic E-state index is 13.2. The van der Waals surface area contributed by atoms with Crippen molar-refractivity contribution in [2.75, 3.05) is 17.5 Å². The van der Waals surface area contributed by atoms with Gasteiger partial charge in [-0.2, -0.15) is 15.5 Å². The lowest BCUT2D eigenvalue weighted by Crippen LogP contribution is -2.31. The van der Waals surface area contributed by atoms with Crippen LogP contribution >= 0.6 is 0 Å². The molecule has 3 heterocycles. The zero-order valence-corrected chi connectivity index (χ0v) is 23.3. The van der Waals surface area contributed by atoms with Gasteiger partial charge in [0, 0.05) is 25.1 Å². The lowest BCUT2D eigenvalue weighted by molar-refractivity contribution is 0.0696. The van der Waals surface area contributed by atoms with Gasteiger partial charge < -0.3 is 10.2 Å². The molecule has 0 radical (unpaired) electrons. The highest BCUT2D eigenvalue weighted by molar-refractivity contribution is 5.95. The third kappa shape index (κ3) is 4.53. The first-order valence-corrected chi connectivity index (χ1v) is 12.4. The summed E-state index contributed by atoms with van der Waals surface area (Å²) in [5.74, 6) is -2.41. The molecular formula is C27H30N8O5. The third-order valence-corrected chi connectivity index (χ3v) is 6.68. The van der Waals surface area contributed by atoms with E-state index in [1.165, 1.54) is 32.6 Å². The highest BCUT2D eigenvalue weighted by Gasteiger charge is 2.29. The van der Waals surface area contributed by atoms with Gasteiger partial charge in [-0.25, -0.2) is 18.8 Å². The van der Waals surface area contributed by atoms with Crippen LogP contribution in [0.1, 0.15) is 70.9 Å². The smallest absolute Gasteiger partial charge is 0.335 e. The summed E-state index contributed by atoms with van der Waals surface area (Å²) in [6, 6.07) is 5.67. The maximum atomic E-state index is 13.2. The molecule has 13 nitrogen and oxygen atoms in total. The van der Waals surface area contributed by atoms with Crippen molar-refractivity contribution >= 4 is 29.1 Å². The minimum atomic E-state index is -1.31. The summed E-state index contributed by atoms with van der Waals surface area (Å²) >= 11 is 0. The molecule has 0 atom stereocenters. The molecule has 0 saturated heterocycles. The van der Waals surface area contributed by atoms with Crippen LogP contribution in [0.15, 0.2) is 29.2 Å². The predicted octanol–water partition coefficient (Wildman–Crippen LogP) is 3.12. The molecule has 0 saturated carbocycles. The van der Waals surface area contributed by atoms with Crippen molar-refractivity contribution in [3.63, 3.8) is 0 Å². The molecule has 0 aliphatic rings. The maximum Gasteiger partial charge on any atom is 0.335 e. The average Bonchev–Trinajstić information content (AvgIpc) is 3.49. The van der Waals surface area contributed by atoms with E-state index in [-0.39, 0.29) is 33.8 Å². The van der Waals surface area contributed by atoms with E-state index in [0.29, 0.717) is 29.0 Å². The van der Waals surface area contributed by atoms with Gasteiger partial charge in [0.15, 0.2) is 11.5 Å². The Morgan fingerprint density at radius 1 is 1.15 bits per heavy atom. The Morgan fingerprint density at radius 3 is 2.25 bits per heavy atom. The molecule has 3 N–H and O–H groups in total. The first-order chi connectivity index (χ1) is 18.7. The molecule has 4 rings (SSSR count). The Hall–Kier alpha value is -5.12. The number of carboxylic acid groups (broad SMARTS) is 2. The summed E-state index contributed by atoms with van der Waals surface area (Å²) in [6.07, 6.45) is 1.84. The van der Waals surface area contributed by atoms with Crippen LogP contribution in [-0.2, 0) is 18.9 Å². The molecular weight excluding hydrogens is 516 g/mol. The first-order valence-electron chi connectivity index (χ1n) is 12.4. The van der Waals surface area contributed by atoms with Gasteiger partial charge in [-0.15, -0.1) is 0 Å². The minimum Gasteiger partial charge on any atom is -0.478 e. The zero-order valence-electron chi connectivity index (χ0n) is 23.3. The number of anilines is 2. The number of benzene rings is 1. The van der Waals surface area contributed by atoms with Crippen molar-refractivity contribution in [1.29, 1.82) is 5.26 Å². The van der Waals surface area contributed by atoms with Crippen LogP contribution in [0.3, 0.4) is 0 Å². The molecule has 3 aromatic heterocycles. The Labute approximate surface area is 229 Å². The van der Waals surface area contributed by atoms with Crippen molar-refractivity contribution in [1.82, 2.24) is 24.0 Å². The normalized spacial score (nSPS) is 11.4. The van der Waals surface area contributed by atoms with E-state index >= 15 is 0 Å². The van der Waals surface area contributed by atoms with Gasteiger partial charge in [0.25, 0.3) is 5.56 Å². The second-order valence-electron chi connectivity index (χ2n) is 10.4. The molecule has 40 heavy (non-hydrogen) atoms. The number of hydrogen-bond acceptors (Lipinski definition) is 8. The molecule has 1 aromatic carbocycles. The van der Waals surface area contributed by atoms with E-state index in [1.54, 1.807) is 18.6 Å². The summed E-state index contributed by atoms with van der Waals surface area (Å²) in [5.41, 5.74) is 5.53. The lowest BCUT2D eigenvalue weighted by Gasteiger charge is -2.25. The van der Waals surface area contributed by atoms with Gasteiger partial charge in [-0.05, 0) is 31.5 Å². The number of fused-ring (bicyclic) bond motifs is 1. The van der Waals surface area contributed by atoms with Gasteiger partial charge in [-0.1, -0.05) is 27.7 Å². The van der Waals surface area contributed by atoms with Crippen molar-refractivity contribution in [2.45, 2.75) is 46.5 Å². The van der Waals surface area contributed by atoms with Gasteiger partial charge in [0.2, 0.25) is 0 Å². The van der Waals surface area contributed by atoms with E-state index in [1.807, 2.05) is 34.6 Å². The molecule has 4 aromatic rings. The fraction of sp³-hybridized carbons (Fsp3) is 0.333. The van der Waals surface area contributed by atoms with E-state index in [0.717, 1.165) is 11.8 Å². The van der Waals surface area contributed by atoms with Crippen molar-refractivity contribution < 1.29 is 19.8 Å². The molecule has 0 fully saturated rings. The average molecular weight is 547 g/mol. The Kier molecular flexibility index (Phi) is 6.89. The van der Waals surface area contributed by atoms with Crippen LogP contribution in [0, 0.1) is 18.3 Å². The van der Waals surface area contributed by atoms with E-state index in [4.69, 9.17) is 5.10 Å². The number of hydrazine groups is 1. The number of hydrogen-bond donors (Lipinski definition) is 3. The number of rotatable bonds is 7. The Balaban J connectivity index is 1.95. The second-order valence-corrected chi connectivity index (χ2v) is 10.4. The van der Waals surface area contributed by atoms with E-state index in [2.05, 4.69) is 16.6 Å². The molecule has 208 valence electrons. The van der Waals surface area contributed by atoms with Crippen molar-refractivity contribution in [3.05, 3.63) is 68.4 Å². The van der Waals surface area contributed by atoms with Crippen molar-refractivity contribution in [3.8, 4) is 11.8 Å². The van der Waals surface area contributed by atoms with Crippen LogP contribution < -0.4 is 16.0 Å². The molecule has 0 aliphatic carbocycles. The molecule has 0 spiro atoms. The minimum absolute atomic E-state index is 0.134. The number of aromatic nitrogens is 5. The number of nitrogens with one attached hydrogen (secondary N) is 1. The first kappa shape index (κ1) is 27.9. The topological polar surface area (TPSA) is 171 Å². The third-order valence-electron chi connectivity index (χ3n) is 6.68. The van der Waals surface area contributed by atoms with Crippen LogP contribution in [-0.4, -0.2) is 53.2 Å². The fourth-order valence-corrected chi connectivity index (χ4v) is 4.70. The summed E-state index contributed by atoms with van der Waals surface area (Å²) < 4.78 is 4.55. The van der Waals surface area contributed by atoms with Gasteiger partial charge in [0.05, 0.1) is 34.4 Å². The number of aryl methyl sites for hydroxylation is 2. The van der Waals surface area contributed by atoms with Crippen molar-refractivity contribution in [2.24, 2.45) is 7.05 Å². The second kappa shape index (κ2) is 9.88. The molecule has 0 aliphatic heterocycles. The van der Waals surface area contributed by atoms with Crippen LogP contribution in [0.2, 0.25) is 0 Å². The molecule has 13 heteroatoms. The van der Waals surface area contributed by atoms with Gasteiger partial charge >= 0.3 is 11.9 Å². The van der Waals surface area contributed by atoms with E-state index in [9.17, 15) is 29.9 Å². The summed E-state index contributed by atoms with van der Waals surface area (Å²) in [5, 5.41) is 39.6. The number of nitrogens with zero attached hydrogens (tertiary/aromatic N) is 7. The fourth-order valence-electron chi connectivity index (χ4n) is 4.70. The lowest BCUT2D eigenvalue weighted by atomic mass is 9.91. The van der Waals surface area contributed by atoms with Crippen LogP contribution in [0.4, 0.5) is 11.5 Å². The summed E-state index contributed by atoms with van der Waals surface area (Å²) in [7, 11) is 3.31. The SMILES string of the molecule is CCc1c(C)n2nc(C(C)(C)C)c(NN(C)c3c(C#N)cnn3-c3cc(C(=O)O)cc(C(=O)O)c3)c2n(C)c1=O. The number of carbonyl (C=O) groups is 2. The number of aromatic carboxylic acids is 2. The standard InChI is InChI=1S/C27H30N8O5/c1-8-19-14(2)34-23(32(6)24(19)36)20(21(31-34)27(3,4)5)30-33(7)22-17(12-28)13-29-35(22)18-10-15(25(37)38)9-16(11-18)26(39)40/h9-11,13,30H,8H2,1-7H3,(H,37,38)(H,39,40). The Morgan fingerprint density at radius 2 is 1.75 bits per heavy atom. The predicted molar refractivity (Wildman–Crippen MR) is 147 cm³/mol. The highest BCUT2D eigenvalue weighted by Crippen LogP contribution is 2.34. The number of nitriles is 1. The monoisotopic (exact) mass is 546 g/mol. The highest BCUT2D eigenvalue weighted by atomic mass is 16.4. The zero-order chi connectivity index (χ0) is 29.7. The quantitative estimate of drug-likeness (QED) is 0.293. The van der Waals surface area contributed by atoms with E-state index < -0.39 is 17.4 Å². The van der Waals surface area contributed by atoms with Crippen LogP contribution in [0.5, 0.6) is 0 Å². The molecule has 0 bridgehead atoms. The molecule has 0 amide bonds. The van der Waals surface area contributed by atoms with Gasteiger partial charge in [0.1, 0.15) is 17.3 Å². The Bertz CT molecular complexity index is 1750. The molecule has 0 unspecified atom stereocenters.